The van der Waals surface area contributed by atoms with E-state index in [0.717, 1.165) is 5.56 Å². The highest BCUT2D eigenvalue weighted by atomic mass is 32.2. The highest BCUT2D eigenvalue weighted by Crippen LogP contribution is 2.58. The first-order valence-electron chi connectivity index (χ1n) is 4.41. The molecule has 1 aliphatic rings. The van der Waals surface area contributed by atoms with Gasteiger partial charge in [-0.15, -0.1) is 0 Å². The van der Waals surface area contributed by atoms with Crippen molar-refractivity contribution in [3.05, 3.63) is 30.1 Å². The number of pyridine rings is 1. The molecule has 0 radical (unpaired) electrons. The van der Waals surface area contributed by atoms with Gasteiger partial charge in [0.05, 0.1) is 4.75 Å². The monoisotopic (exact) mass is 215 g/mol. The molecule has 76 valence electrons. The van der Waals surface area contributed by atoms with E-state index in [1.165, 1.54) is 11.8 Å². The van der Waals surface area contributed by atoms with Crippen molar-refractivity contribution < 1.29 is 8.78 Å². The van der Waals surface area contributed by atoms with Crippen LogP contribution in [0.2, 0.25) is 0 Å². The lowest BCUT2D eigenvalue weighted by atomic mass is 9.76. The fraction of sp³-hybridized carbons (Fsp3) is 0.500. The zero-order valence-corrected chi connectivity index (χ0v) is 8.65. The van der Waals surface area contributed by atoms with Gasteiger partial charge in [-0.25, -0.2) is 8.78 Å². The van der Waals surface area contributed by atoms with Crippen LogP contribution in [0.3, 0.4) is 0 Å². The molecule has 0 unspecified atom stereocenters. The normalized spacial score (nSPS) is 22.8. The van der Waals surface area contributed by atoms with E-state index in [1.807, 2.05) is 12.3 Å². The Bertz CT molecular complexity index is 318. The van der Waals surface area contributed by atoms with Crippen LogP contribution in [0, 0.1) is 0 Å². The quantitative estimate of drug-likeness (QED) is 0.752. The number of nitrogens with zero attached hydrogens (tertiary/aromatic N) is 1. The minimum absolute atomic E-state index is 0.0626. The zero-order chi connectivity index (χ0) is 10.2. The van der Waals surface area contributed by atoms with Gasteiger partial charge < -0.3 is 0 Å². The fourth-order valence-corrected chi connectivity index (χ4v) is 2.95. The smallest absolute Gasteiger partial charge is 0.251 e. The molecule has 1 saturated carbocycles. The molecule has 1 heterocycles. The van der Waals surface area contributed by atoms with Crippen LogP contribution in [-0.2, 0) is 4.75 Å². The topological polar surface area (TPSA) is 12.9 Å². The second-order valence-electron chi connectivity index (χ2n) is 3.65. The first-order chi connectivity index (χ1) is 6.58. The average Bonchev–Trinajstić information content (AvgIpc) is 2.15. The van der Waals surface area contributed by atoms with Gasteiger partial charge >= 0.3 is 0 Å². The Kier molecular flexibility index (Phi) is 2.26. The number of hydrogen-bond donors (Lipinski definition) is 0. The molecule has 0 spiro atoms. The van der Waals surface area contributed by atoms with Gasteiger partial charge in [-0.05, 0) is 17.9 Å². The summed E-state index contributed by atoms with van der Waals surface area (Å²) in [6.45, 7) is 0. The third-order valence-corrected chi connectivity index (χ3v) is 3.97. The molecule has 14 heavy (non-hydrogen) atoms. The predicted octanol–water partition coefficient (Wildman–Crippen LogP) is 3.07. The van der Waals surface area contributed by atoms with Crippen LogP contribution in [0.15, 0.2) is 24.5 Å². The maximum Gasteiger partial charge on any atom is 0.251 e. The first-order valence-corrected chi connectivity index (χ1v) is 5.64. The molecule has 0 amide bonds. The predicted molar refractivity (Wildman–Crippen MR) is 53.6 cm³/mol. The number of rotatable bonds is 2. The fourth-order valence-electron chi connectivity index (χ4n) is 1.88. The lowest BCUT2D eigenvalue weighted by Gasteiger charge is -2.46. The Morgan fingerprint density at radius 2 is 2.14 bits per heavy atom. The molecule has 0 aliphatic heterocycles. The highest BCUT2D eigenvalue weighted by Gasteiger charge is 2.57. The number of thioether (sulfide) groups is 1. The van der Waals surface area contributed by atoms with E-state index in [-0.39, 0.29) is 12.8 Å². The minimum atomic E-state index is -2.49. The van der Waals surface area contributed by atoms with Gasteiger partial charge in [0.1, 0.15) is 0 Å². The Hall–Kier alpha value is -0.640. The van der Waals surface area contributed by atoms with Crippen molar-refractivity contribution in [2.24, 2.45) is 0 Å². The third kappa shape index (κ3) is 1.52. The second-order valence-corrected chi connectivity index (χ2v) is 4.84. The van der Waals surface area contributed by atoms with Crippen molar-refractivity contribution in [1.29, 1.82) is 0 Å². The van der Waals surface area contributed by atoms with Crippen molar-refractivity contribution in [3.63, 3.8) is 0 Å². The summed E-state index contributed by atoms with van der Waals surface area (Å²) in [6.07, 6.45) is 5.10. The van der Waals surface area contributed by atoms with Gasteiger partial charge in [0.15, 0.2) is 0 Å². The summed E-state index contributed by atoms with van der Waals surface area (Å²) in [7, 11) is 0. The summed E-state index contributed by atoms with van der Waals surface area (Å²) in [5, 5.41) is 0. The summed E-state index contributed by atoms with van der Waals surface area (Å²) in [6, 6.07) is 3.67. The number of halogens is 2. The van der Waals surface area contributed by atoms with Crippen molar-refractivity contribution in [2.75, 3.05) is 6.26 Å². The maximum absolute atomic E-state index is 12.9. The number of alkyl halides is 2. The van der Waals surface area contributed by atoms with Crippen LogP contribution in [0.5, 0.6) is 0 Å². The van der Waals surface area contributed by atoms with Gasteiger partial charge in [-0.3, -0.25) is 4.98 Å². The van der Waals surface area contributed by atoms with Crippen molar-refractivity contribution in [1.82, 2.24) is 4.98 Å². The van der Waals surface area contributed by atoms with Crippen LogP contribution >= 0.6 is 11.8 Å². The van der Waals surface area contributed by atoms with Crippen molar-refractivity contribution >= 4 is 11.8 Å². The first kappa shape index (κ1) is 9.90. The minimum Gasteiger partial charge on any atom is -0.264 e. The van der Waals surface area contributed by atoms with Crippen molar-refractivity contribution in [3.8, 4) is 0 Å². The summed E-state index contributed by atoms with van der Waals surface area (Å²) < 4.78 is 25.3. The molecule has 0 N–H and O–H groups in total. The second kappa shape index (κ2) is 3.19. The molecule has 1 aromatic rings. The van der Waals surface area contributed by atoms with E-state index in [9.17, 15) is 8.78 Å². The third-order valence-electron chi connectivity index (χ3n) is 2.67. The Morgan fingerprint density at radius 1 is 1.43 bits per heavy atom. The van der Waals surface area contributed by atoms with Gasteiger partial charge in [-0.1, -0.05) is 6.07 Å². The standard InChI is InChI=1S/C10H11F2NS/c1-14-9(6-10(11,12)7-9)8-3-2-4-13-5-8/h2-5H,6-7H2,1H3. The molecule has 4 heteroatoms. The molecular weight excluding hydrogens is 204 g/mol. The van der Waals surface area contributed by atoms with E-state index in [4.69, 9.17) is 0 Å². The molecule has 1 fully saturated rings. The number of hydrogen-bond acceptors (Lipinski definition) is 2. The van der Waals surface area contributed by atoms with E-state index in [0.29, 0.717) is 0 Å². The zero-order valence-electron chi connectivity index (χ0n) is 7.84. The average molecular weight is 215 g/mol. The van der Waals surface area contributed by atoms with Crippen LogP contribution < -0.4 is 0 Å². The van der Waals surface area contributed by atoms with Gasteiger partial charge in [-0.2, -0.15) is 11.8 Å². The molecule has 1 nitrogen and oxygen atoms in total. The molecule has 1 aromatic heterocycles. The Balaban J connectivity index is 2.25. The largest absolute Gasteiger partial charge is 0.264 e. The summed E-state index contributed by atoms with van der Waals surface area (Å²) in [5.74, 6) is -2.49. The number of aromatic nitrogens is 1. The summed E-state index contributed by atoms with van der Waals surface area (Å²) in [5.41, 5.74) is 0.915. The van der Waals surface area contributed by atoms with E-state index >= 15 is 0 Å². The van der Waals surface area contributed by atoms with E-state index < -0.39 is 10.7 Å². The summed E-state index contributed by atoms with van der Waals surface area (Å²) >= 11 is 1.49. The molecule has 0 saturated heterocycles. The lowest BCUT2D eigenvalue weighted by Crippen LogP contribution is -2.46. The Labute approximate surface area is 85.9 Å². The molecule has 0 atom stereocenters. The maximum atomic E-state index is 12.9. The Morgan fingerprint density at radius 3 is 2.57 bits per heavy atom. The van der Waals surface area contributed by atoms with Crippen molar-refractivity contribution in [2.45, 2.75) is 23.5 Å². The van der Waals surface area contributed by atoms with Crippen LogP contribution in [0.4, 0.5) is 8.78 Å². The molecular formula is C10H11F2NS. The van der Waals surface area contributed by atoms with Gasteiger partial charge in [0.25, 0.3) is 5.92 Å². The molecule has 0 aromatic carbocycles. The molecule has 1 aliphatic carbocycles. The molecule has 0 bridgehead atoms. The van der Waals surface area contributed by atoms with Crippen LogP contribution in [0.1, 0.15) is 18.4 Å². The van der Waals surface area contributed by atoms with E-state index in [2.05, 4.69) is 4.98 Å². The van der Waals surface area contributed by atoms with Gasteiger partial charge in [0.2, 0.25) is 0 Å². The lowest BCUT2D eigenvalue weighted by molar-refractivity contribution is -0.0976. The van der Waals surface area contributed by atoms with E-state index in [1.54, 1.807) is 18.5 Å². The van der Waals surface area contributed by atoms with Crippen LogP contribution in [-0.4, -0.2) is 17.2 Å². The summed E-state index contributed by atoms with van der Waals surface area (Å²) in [4.78, 5) is 3.97. The molecule has 2 rings (SSSR count). The van der Waals surface area contributed by atoms with Crippen LogP contribution in [0.25, 0.3) is 0 Å². The van der Waals surface area contributed by atoms with Gasteiger partial charge in [0, 0.05) is 25.2 Å². The highest BCUT2D eigenvalue weighted by molar-refractivity contribution is 7.99. The SMILES string of the molecule is CSC1(c2cccnc2)CC(F)(F)C1.